The van der Waals surface area contributed by atoms with Crippen molar-refractivity contribution in [3.05, 3.63) is 77.0 Å². The number of rotatable bonds is 6. The smallest absolute Gasteiger partial charge is 0.385 e. The molecule has 5 rings (SSSR count). The van der Waals surface area contributed by atoms with Gasteiger partial charge in [0.2, 0.25) is 5.82 Å². The lowest BCUT2D eigenvalue weighted by molar-refractivity contribution is -0.180. The van der Waals surface area contributed by atoms with Gasteiger partial charge in [0.15, 0.2) is 5.69 Å². The highest BCUT2D eigenvalue weighted by Crippen LogP contribution is 2.45. The van der Waals surface area contributed by atoms with Crippen LogP contribution >= 0.6 is 0 Å². The van der Waals surface area contributed by atoms with Crippen molar-refractivity contribution in [2.24, 2.45) is 0 Å². The van der Waals surface area contributed by atoms with Gasteiger partial charge in [-0.2, -0.15) is 23.3 Å². The van der Waals surface area contributed by atoms with Crippen LogP contribution < -0.4 is 0 Å². The van der Waals surface area contributed by atoms with Gasteiger partial charge in [-0.1, -0.05) is 53.7 Å². The number of aromatic nitrogens is 4. The molecule has 0 spiro atoms. The summed E-state index contributed by atoms with van der Waals surface area (Å²) in [6, 6.07) is 15.7. The molecule has 1 aliphatic carbocycles. The van der Waals surface area contributed by atoms with Crippen molar-refractivity contribution < 1.29 is 22.8 Å². The molecule has 6 nitrogen and oxygen atoms in total. The van der Waals surface area contributed by atoms with Crippen molar-refractivity contribution in [3.8, 4) is 23.0 Å². The zero-order chi connectivity index (χ0) is 25.0. The summed E-state index contributed by atoms with van der Waals surface area (Å²) in [7, 11) is 0. The second kappa shape index (κ2) is 8.05. The molecule has 0 aliphatic heterocycles. The van der Waals surface area contributed by atoms with Crippen LogP contribution in [0.5, 0.6) is 0 Å². The van der Waals surface area contributed by atoms with Crippen LogP contribution in [0.1, 0.15) is 49.1 Å². The van der Waals surface area contributed by atoms with Gasteiger partial charge >= 0.3 is 6.18 Å². The van der Waals surface area contributed by atoms with E-state index in [0.717, 1.165) is 43.5 Å². The number of hydrogen-bond acceptors (Lipinski definition) is 5. The number of halogens is 3. The standard InChI is InChI=1S/C26H25F3N4O2/c1-16-13-21(31-33(16)15-17-5-4-6-20(14-17)25(34)11-12-25)23-30-22(32-35-23)18-7-9-19(10-8-18)24(2,3)26(27,28)29/h4-10,13-14,34H,11-12,15H2,1-3H3. The second-order valence-corrected chi connectivity index (χ2v) is 9.68. The molecule has 35 heavy (non-hydrogen) atoms. The molecule has 0 radical (unpaired) electrons. The van der Waals surface area contributed by atoms with Gasteiger partial charge < -0.3 is 9.63 Å². The maximum Gasteiger partial charge on any atom is 0.397 e. The molecular weight excluding hydrogens is 457 g/mol. The molecule has 1 N–H and O–H groups in total. The first-order valence-electron chi connectivity index (χ1n) is 11.3. The number of aliphatic hydroxyl groups is 1. The van der Waals surface area contributed by atoms with E-state index in [4.69, 9.17) is 4.52 Å². The zero-order valence-electron chi connectivity index (χ0n) is 19.6. The Hall–Kier alpha value is -3.46. The fraction of sp³-hybridized carbons (Fsp3) is 0.346. The minimum atomic E-state index is -4.36. The van der Waals surface area contributed by atoms with Crippen LogP contribution in [-0.2, 0) is 17.6 Å². The summed E-state index contributed by atoms with van der Waals surface area (Å²) in [5.41, 5.74) is 1.40. The summed E-state index contributed by atoms with van der Waals surface area (Å²) < 4.78 is 47.2. The van der Waals surface area contributed by atoms with Crippen LogP contribution in [0.3, 0.4) is 0 Å². The largest absolute Gasteiger partial charge is 0.397 e. The Morgan fingerprint density at radius 3 is 2.43 bits per heavy atom. The van der Waals surface area contributed by atoms with Gasteiger partial charge in [0.1, 0.15) is 0 Å². The van der Waals surface area contributed by atoms with Crippen molar-refractivity contribution >= 4 is 0 Å². The van der Waals surface area contributed by atoms with E-state index < -0.39 is 17.2 Å². The quantitative estimate of drug-likeness (QED) is 0.377. The third-order valence-corrected chi connectivity index (χ3v) is 6.72. The first kappa shape index (κ1) is 23.3. The van der Waals surface area contributed by atoms with E-state index in [0.29, 0.717) is 17.8 Å². The van der Waals surface area contributed by atoms with E-state index in [9.17, 15) is 18.3 Å². The highest BCUT2D eigenvalue weighted by atomic mass is 19.4. The Bertz CT molecular complexity index is 1370. The molecule has 4 aromatic rings. The number of nitrogens with zero attached hydrogens (tertiary/aromatic N) is 4. The predicted molar refractivity (Wildman–Crippen MR) is 123 cm³/mol. The molecule has 1 fully saturated rings. The third-order valence-electron chi connectivity index (χ3n) is 6.72. The van der Waals surface area contributed by atoms with Crippen LogP contribution in [0, 0.1) is 6.92 Å². The number of aryl methyl sites for hydroxylation is 1. The lowest BCUT2D eigenvalue weighted by atomic mass is 9.83. The van der Waals surface area contributed by atoms with Crippen molar-refractivity contribution in [1.29, 1.82) is 0 Å². The van der Waals surface area contributed by atoms with Gasteiger partial charge in [-0.3, -0.25) is 4.68 Å². The average molecular weight is 483 g/mol. The first-order valence-corrected chi connectivity index (χ1v) is 11.3. The molecule has 0 bridgehead atoms. The van der Waals surface area contributed by atoms with E-state index in [1.54, 1.807) is 12.1 Å². The number of alkyl halides is 3. The highest BCUT2D eigenvalue weighted by Gasteiger charge is 2.48. The molecule has 2 heterocycles. The van der Waals surface area contributed by atoms with Gasteiger partial charge in [0, 0.05) is 11.3 Å². The van der Waals surface area contributed by atoms with Gasteiger partial charge in [-0.05, 0) is 56.4 Å². The van der Waals surface area contributed by atoms with Crippen molar-refractivity contribution in [2.45, 2.75) is 57.3 Å². The van der Waals surface area contributed by atoms with E-state index in [2.05, 4.69) is 15.2 Å². The predicted octanol–water partition coefficient (Wildman–Crippen LogP) is 5.78. The summed E-state index contributed by atoms with van der Waals surface area (Å²) in [5.74, 6) is 0.497. The maximum absolute atomic E-state index is 13.3. The maximum atomic E-state index is 13.3. The molecule has 0 atom stereocenters. The van der Waals surface area contributed by atoms with E-state index in [-0.39, 0.29) is 17.3 Å². The number of benzene rings is 2. The summed E-state index contributed by atoms with van der Waals surface area (Å²) in [6.45, 7) is 4.74. The van der Waals surface area contributed by atoms with Crippen molar-refractivity contribution in [3.63, 3.8) is 0 Å². The van der Waals surface area contributed by atoms with Gasteiger partial charge in [-0.25, -0.2) is 0 Å². The van der Waals surface area contributed by atoms with Crippen LogP contribution in [-0.4, -0.2) is 31.2 Å². The fourth-order valence-corrected chi connectivity index (χ4v) is 3.96. The second-order valence-electron chi connectivity index (χ2n) is 9.68. The van der Waals surface area contributed by atoms with Crippen LogP contribution in [0.4, 0.5) is 13.2 Å². The molecule has 0 saturated heterocycles. The third kappa shape index (κ3) is 4.36. The van der Waals surface area contributed by atoms with E-state index in [1.807, 2.05) is 41.9 Å². The Morgan fingerprint density at radius 2 is 1.77 bits per heavy atom. The fourth-order valence-electron chi connectivity index (χ4n) is 3.96. The number of hydrogen-bond donors (Lipinski definition) is 1. The summed E-state index contributed by atoms with van der Waals surface area (Å²) in [6.07, 6.45) is -2.79. The van der Waals surface area contributed by atoms with Gasteiger partial charge in [-0.15, -0.1) is 0 Å². The topological polar surface area (TPSA) is 77.0 Å². The Balaban J connectivity index is 1.35. The molecule has 9 heteroatoms. The molecular formula is C26H25F3N4O2. The van der Waals surface area contributed by atoms with Crippen molar-refractivity contribution in [2.75, 3.05) is 0 Å². The Labute approximate surface area is 200 Å². The molecule has 1 saturated carbocycles. The molecule has 1 aliphatic rings. The summed E-state index contributed by atoms with van der Waals surface area (Å²) in [4.78, 5) is 4.40. The minimum absolute atomic E-state index is 0.157. The molecule has 182 valence electrons. The normalized spacial score (nSPS) is 15.4. The van der Waals surface area contributed by atoms with E-state index >= 15 is 0 Å². The average Bonchev–Trinajstić information content (AvgIpc) is 3.22. The van der Waals surface area contributed by atoms with E-state index in [1.165, 1.54) is 12.1 Å². The highest BCUT2D eigenvalue weighted by molar-refractivity contribution is 5.58. The lowest BCUT2D eigenvalue weighted by Crippen LogP contribution is -2.36. The van der Waals surface area contributed by atoms with Gasteiger partial charge in [0.25, 0.3) is 5.89 Å². The molecule has 0 unspecified atom stereocenters. The first-order chi connectivity index (χ1) is 16.5. The lowest BCUT2D eigenvalue weighted by Gasteiger charge is -2.28. The van der Waals surface area contributed by atoms with Crippen LogP contribution in [0.25, 0.3) is 23.0 Å². The molecule has 0 amide bonds. The van der Waals surface area contributed by atoms with Crippen molar-refractivity contribution in [1.82, 2.24) is 19.9 Å². The van der Waals surface area contributed by atoms with Crippen LogP contribution in [0.15, 0.2) is 59.1 Å². The molecule has 2 aromatic carbocycles. The summed E-state index contributed by atoms with van der Waals surface area (Å²) >= 11 is 0. The monoisotopic (exact) mass is 482 g/mol. The SMILES string of the molecule is Cc1cc(-c2nc(-c3ccc(C(C)(C)C(F)(F)F)cc3)no2)nn1Cc1cccc(C2(O)CC2)c1. The Morgan fingerprint density at radius 1 is 1.06 bits per heavy atom. The minimum Gasteiger partial charge on any atom is -0.385 e. The summed E-state index contributed by atoms with van der Waals surface area (Å²) in [5, 5.41) is 19.0. The molecule has 2 aromatic heterocycles. The Kier molecular flexibility index (Phi) is 5.36. The zero-order valence-corrected chi connectivity index (χ0v) is 19.6. The van der Waals surface area contributed by atoms with Crippen LogP contribution in [0.2, 0.25) is 0 Å². The van der Waals surface area contributed by atoms with Gasteiger partial charge in [0.05, 0.1) is 17.6 Å².